The summed E-state index contributed by atoms with van der Waals surface area (Å²) in [7, 11) is 3.37. The van der Waals surface area contributed by atoms with Crippen molar-refractivity contribution in [2.45, 2.75) is 6.42 Å². The zero-order valence-corrected chi connectivity index (χ0v) is 7.41. The number of esters is 1. The number of hydrogen-bond donors (Lipinski definition) is 0. The van der Waals surface area contributed by atoms with E-state index in [4.69, 9.17) is 0 Å². The van der Waals surface area contributed by atoms with E-state index >= 15 is 0 Å². The summed E-state index contributed by atoms with van der Waals surface area (Å²) in [6.45, 7) is 0.907. The van der Waals surface area contributed by atoms with Crippen molar-refractivity contribution in [3.8, 4) is 0 Å². The molecular weight excluding hydrogens is 154 g/mol. The van der Waals surface area contributed by atoms with Gasteiger partial charge in [-0.2, -0.15) is 0 Å². The van der Waals surface area contributed by atoms with Gasteiger partial charge >= 0.3 is 5.97 Å². The molecule has 0 saturated carbocycles. The Kier molecular flexibility index (Phi) is 2.91. The summed E-state index contributed by atoms with van der Waals surface area (Å²) in [5, 5.41) is 0. The molecule has 12 heavy (non-hydrogen) atoms. The Bertz CT molecular complexity index is 231. The van der Waals surface area contributed by atoms with Crippen LogP contribution in [0.15, 0.2) is 23.9 Å². The van der Waals surface area contributed by atoms with E-state index in [0.717, 1.165) is 12.1 Å². The number of methoxy groups -OCH3 is 1. The van der Waals surface area contributed by atoms with Crippen molar-refractivity contribution in [3.05, 3.63) is 23.9 Å². The largest absolute Gasteiger partial charge is 0.469 e. The van der Waals surface area contributed by atoms with Crippen LogP contribution in [0.1, 0.15) is 6.42 Å². The quantitative estimate of drug-likeness (QED) is 0.573. The topological polar surface area (TPSA) is 29.5 Å². The number of likely N-dealkylation sites (N-methyl/N-ethyl adjacent to an activating group) is 1. The second kappa shape index (κ2) is 3.95. The predicted octanol–water partition coefficient (Wildman–Crippen LogP) is 0.935. The van der Waals surface area contributed by atoms with Crippen molar-refractivity contribution < 1.29 is 9.53 Å². The number of hydrogen-bond acceptors (Lipinski definition) is 3. The molecule has 3 heteroatoms. The first-order valence-electron chi connectivity index (χ1n) is 3.86. The van der Waals surface area contributed by atoms with Crippen LogP contribution in [0.3, 0.4) is 0 Å². The van der Waals surface area contributed by atoms with Crippen LogP contribution in [0.25, 0.3) is 0 Å². The first kappa shape index (κ1) is 8.84. The molecule has 1 heterocycles. The minimum absolute atomic E-state index is 0.193. The molecule has 0 aromatic rings. The molecule has 0 aliphatic carbocycles. The Morgan fingerprint density at radius 3 is 3.08 bits per heavy atom. The van der Waals surface area contributed by atoms with E-state index in [-0.39, 0.29) is 5.97 Å². The summed E-state index contributed by atoms with van der Waals surface area (Å²) in [5.74, 6) is -0.193. The van der Waals surface area contributed by atoms with Crippen LogP contribution >= 0.6 is 0 Å². The van der Waals surface area contributed by atoms with E-state index in [2.05, 4.69) is 4.74 Å². The first-order valence-corrected chi connectivity index (χ1v) is 3.86. The molecule has 0 atom stereocenters. The summed E-state index contributed by atoms with van der Waals surface area (Å²) >= 11 is 0. The van der Waals surface area contributed by atoms with E-state index in [1.165, 1.54) is 7.11 Å². The second-order valence-corrected chi connectivity index (χ2v) is 2.80. The fraction of sp³-hybridized carbons (Fsp3) is 0.444. The Balaban J connectivity index is 2.52. The highest BCUT2D eigenvalue weighted by Crippen LogP contribution is 2.09. The summed E-state index contributed by atoms with van der Waals surface area (Å²) in [5.41, 5.74) is 0.996. The van der Waals surface area contributed by atoms with Gasteiger partial charge in [-0.25, -0.2) is 0 Å². The van der Waals surface area contributed by atoms with Gasteiger partial charge in [0, 0.05) is 19.8 Å². The molecule has 0 amide bonds. The smallest absolute Gasteiger partial charge is 0.310 e. The zero-order valence-electron chi connectivity index (χ0n) is 7.41. The molecular formula is C9H13NO2. The highest BCUT2D eigenvalue weighted by Gasteiger charge is 2.06. The van der Waals surface area contributed by atoms with Crippen LogP contribution in [-0.2, 0) is 9.53 Å². The van der Waals surface area contributed by atoms with E-state index in [1.807, 2.05) is 30.3 Å². The molecule has 1 aliphatic rings. The average molecular weight is 167 g/mol. The number of carbonyl (C=O) groups excluding carboxylic acids is 1. The third-order valence-corrected chi connectivity index (χ3v) is 1.69. The lowest BCUT2D eigenvalue weighted by Crippen LogP contribution is -2.15. The van der Waals surface area contributed by atoms with Gasteiger partial charge in [0.1, 0.15) is 0 Å². The molecule has 0 radical (unpaired) electrons. The molecule has 1 rings (SSSR count). The van der Waals surface area contributed by atoms with Gasteiger partial charge in [0.25, 0.3) is 0 Å². The van der Waals surface area contributed by atoms with Crippen molar-refractivity contribution in [2.75, 3.05) is 20.7 Å². The summed E-state index contributed by atoms with van der Waals surface area (Å²) in [6, 6.07) is 0. The van der Waals surface area contributed by atoms with Gasteiger partial charge in [-0.3, -0.25) is 4.79 Å². The number of nitrogens with zero attached hydrogens (tertiary/aromatic N) is 1. The van der Waals surface area contributed by atoms with Gasteiger partial charge in [0.2, 0.25) is 0 Å². The van der Waals surface area contributed by atoms with Gasteiger partial charge in [0.05, 0.1) is 13.5 Å². The average Bonchev–Trinajstić information content (AvgIpc) is 2.04. The SMILES string of the molecule is COC(=O)CC1=CN(C)CC=C1. The molecule has 0 bridgehead atoms. The summed E-state index contributed by atoms with van der Waals surface area (Å²) in [4.78, 5) is 12.9. The number of carbonyl (C=O) groups is 1. The lowest BCUT2D eigenvalue weighted by Gasteiger charge is -2.16. The van der Waals surface area contributed by atoms with Gasteiger partial charge < -0.3 is 9.64 Å². The third-order valence-electron chi connectivity index (χ3n) is 1.69. The zero-order chi connectivity index (χ0) is 8.97. The third kappa shape index (κ3) is 2.42. The maximum Gasteiger partial charge on any atom is 0.310 e. The van der Waals surface area contributed by atoms with Crippen LogP contribution in [0.5, 0.6) is 0 Å². The van der Waals surface area contributed by atoms with E-state index in [0.29, 0.717) is 6.42 Å². The van der Waals surface area contributed by atoms with Crippen LogP contribution in [0.4, 0.5) is 0 Å². The maximum atomic E-state index is 10.9. The summed E-state index contributed by atoms with van der Waals surface area (Å²) < 4.78 is 4.56. The van der Waals surface area contributed by atoms with Gasteiger partial charge in [0.15, 0.2) is 0 Å². The Morgan fingerprint density at radius 1 is 1.75 bits per heavy atom. The number of rotatable bonds is 2. The molecule has 0 unspecified atom stereocenters. The molecule has 0 aromatic heterocycles. The van der Waals surface area contributed by atoms with Gasteiger partial charge in [-0.15, -0.1) is 0 Å². The van der Waals surface area contributed by atoms with Crippen LogP contribution in [0.2, 0.25) is 0 Å². The van der Waals surface area contributed by atoms with Gasteiger partial charge in [-0.1, -0.05) is 12.2 Å². The van der Waals surface area contributed by atoms with Crippen molar-refractivity contribution in [1.82, 2.24) is 4.90 Å². The second-order valence-electron chi connectivity index (χ2n) is 2.80. The fourth-order valence-electron chi connectivity index (χ4n) is 1.09. The van der Waals surface area contributed by atoms with Crippen LogP contribution in [0, 0.1) is 0 Å². The normalized spacial score (nSPS) is 15.8. The van der Waals surface area contributed by atoms with E-state index < -0.39 is 0 Å². The molecule has 0 saturated heterocycles. The molecule has 1 aliphatic heterocycles. The highest BCUT2D eigenvalue weighted by molar-refractivity contribution is 5.73. The molecule has 0 aromatic carbocycles. The monoisotopic (exact) mass is 167 g/mol. The first-order chi connectivity index (χ1) is 5.72. The Morgan fingerprint density at radius 2 is 2.50 bits per heavy atom. The van der Waals surface area contributed by atoms with Crippen molar-refractivity contribution in [3.63, 3.8) is 0 Å². The van der Waals surface area contributed by atoms with E-state index in [1.54, 1.807) is 0 Å². The van der Waals surface area contributed by atoms with Crippen LogP contribution in [-0.4, -0.2) is 31.6 Å². The minimum Gasteiger partial charge on any atom is -0.469 e. The van der Waals surface area contributed by atoms with Crippen LogP contribution < -0.4 is 0 Å². The van der Waals surface area contributed by atoms with Gasteiger partial charge in [-0.05, 0) is 5.57 Å². The minimum atomic E-state index is -0.193. The standard InChI is InChI=1S/C9H13NO2/c1-10-5-3-4-8(7-10)6-9(11)12-2/h3-4,7H,5-6H2,1-2H3. The van der Waals surface area contributed by atoms with Crippen molar-refractivity contribution in [1.29, 1.82) is 0 Å². The molecule has 0 spiro atoms. The number of allylic oxidation sites excluding steroid dienone is 1. The summed E-state index contributed by atoms with van der Waals surface area (Å²) in [6.07, 6.45) is 6.30. The maximum absolute atomic E-state index is 10.9. The fourth-order valence-corrected chi connectivity index (χ4v) is 1.09. The molecule has 66 valence electrons. The predicted molar refractivity (Wildman–Crippen MR) is 46.5 cm³/mol. The Hall–Kier alpha value is -1.25. The highest BCUT2D eigenvalue weighted by atomic mass is 16.5. The van der Waals surface area contributed by atoms with E-state index in [9.17, 15) is 4.79 Å². The Labute approximate surface area is 72.3 Å². The lowest BCUT2D eigenvalue weighted by atomic mass is 10.1. The number of ether oxygens (including phenoxy) is 1. The van der Waals surface area contributed by atoms with Crippen molar-refractivity contribution >= 4 is 5.97 Å². The van der Waals surface area contributed by atoms with Crippen molar-refractivity contribution in [2.24, 2.45) is 0 Å². The lowest BCUT2D eigenvalue weighted by molar-refractivity contribution is -0.139. The molecule has 3 nitrogen and oxygen atoms in total. The molecule has 0 fully saturated rings. The molecule has 0 N–H and O–H groups in total.